The number of amides is 1. The van der Waals surface area contributed by atoms with Gasteiger partial charge in [0.05, 0.1) is 11.4 Å². The molecular weight excluding hydrogens is 374 g/mol. The number of halogens is 4. The first-order valence-electron chi connectivity index (χ1n) is 7.02. The molecule has 0 fully saturated rings. The summed E-state index contributed by atoms with van der Waals surface area (Å²) in [5, 5.41) is 13.0. The normalized spacial score (nSPS) is 11.4. The Hall–Kier alpha value is -2.95. The fraction of sp³-hybridized carbons (Fsp3) is 0.0667. The average molecular weight is 383 g/mol. The summed E-state index contributed by atoms with van der Waals surface area (Å²) in [6, 6.07) is 8.68. The van der Waals surface area contributed by atoms with E-state index < -0.39 is 17.2 Å². The third-order valence-corrected chi connectivity index (χ3v) is 3.90. The second kappa shape index (κ2) is 7.12. The van der Waals surface area contributed by atoms with Crippen LogP contribution in [0.1, 0.15) is 10.4 Å². The Kier molecular flexibility index (Phi) is 4.89. The van der Waals surface area contributed by atoms with Crippen molar-refractivity contribution in [2.75, 3.05) is 5.32 Å². The Morgan fingerprint density at radius 3 is 2.46 bits per heavy atom. The number of alkyl halides is 3. The Morgan fingerprint density at radius 1 is 1.12 bits per heavy atom. The number of aromatic nitrogens is 4. The van der Waals surface area contributed by atoms with Gasteiger partial charge in [-0.2, -0.15) is 13.2 Å². The number of rotatable bonds is 4. The van der Waals surface area contributed by atoms with Crippen LogP contribution in [0.5, 0.6) is 0 Å². The molecule has 11 heteroatoms. The van der Waals surface area contributed by atoms with Crippen LogP contribution in [0.25, 0.3) is 5.69 Å². The van der Waals surface area contributed by atoms with Gasteiger partial charge in [0, 0.05) is 10.5 Å². The highest BCUT2D eigenvalue weighted by Gasteiger charge is 2.29. The van der Waals surface area contributed by atoms with Crippen molar-refractivity contribution < 1.29 is 22.4 Å². The van der Waals surface area contributed by atoms with Crippen LogP contribution in [0, 0.1) is 5.82 Å². The maximum atomic E-state index is 13.9. The molecule has 134 valence electrons. The van der Waals surface area contributed by atoms with Gasteiger partial charge in [-0.1, -0.05) is 0 Å². The molecule has 6 nitrogen and oxygen atoms in total. The van der Waals surface area contributed by atoms with Gasteiger partial charge in [0.15, 0.2) is 0 Å². The van der Waals surface area contributed by atoms with Gasteiger partial charge in [-0.05, 0) is 64.7 Å². The number of hydrogen-bond acceptors (Lipinski definition) is 5. The Morgan fingerprint density at radius 2 is 1.85 bits per heavy atom. The molecule has 1 amide bonds. The van der Waals surface area contributed by atoms with E-state index in [4.69, 9.17) is 0 Å². The van der Waals surface area contributed by atoms with Crippen molar-refractivity contribution in [3.05, 3.63) is 60.2 Å². The molecule has 0 aliphatic rings. The molecule has 0 unspecified atom stereocenters. The first kappa shape index (κ1) is 17.9. The van der Waals surface area contributed by atoms with Gasteiger partial charge in [-0.15, -0.1) is 5.10 Å². The van der Waals surface area contributed by atoms with Crippen LogP contribution in [0.15, 0.2) is 53.7 Å². The molecule has 0 saturated heterocycles. The minimum atomic E-state index is -4.41. The SMILES string of the molecule is O=C(Nc1cc(-n2cnnn2)ccc1F)c1ccc(SC(F)(F)F)cc1. The average Bonchev–Trinajstić information content (AvgIpc) is 3.10. The third-order valence-electron chi connectivity index (χ3n) is 3.16. The summed E-state index contributed by atoms with van der Waals surface area (Å²) in [7, 11) is 0. The van der Waals surface area contributed by atoms with Crippen LogP contribution in [0.4, 0.5) is 23.2 Å². The van der Waals surface area contributed by atoms with Crippen LogP contribution < -0.4 is 5.32 Å². The van der Waals surface area contributed by atoms with E-state index in [-0.39, 0.29) is 27.9 Å². The van der Waals surface area contributed by atoms with E-state index in [1.165, 1.54) is 47.4 Å². The van der Waals surface area contributed by atoms with Gasteiger partial charge in [0.1, 0.15) is 12.1 Å². The van der Waals surface area contributed by atoms with Gasteiger partial charge in [-0.25, -0.2) is 9.07 Å². The second-order valence-corrected chi connectivity index (χ2v) is 6.08. The molecular formula is C15H9F4N5OS. The van der Waals surface area contributed by atoms with E-state index in [0.29, 0.717) is 5.69 Å². The van der Waals surface area contributed by atoms with Crippen LogP contribution in [-0.4, -0.2) is 31.6 Å². The van der Waals surface area contributed by atoms with Gasteiger partial charge in [0.2, 0.25) is 0 Å². The highest BCUT2D eigenvalue weighted by Crippen LogP contribution is 2.36. The minimum absolute atomic E-state index is 0.0547. The highest BCUT2D eigenvalue weighted by molar-refractivity contribution is 8.00. The number of nitrogens with zero attached hydrogens (tertiary/aromatic N) is 4. The largest absolute Gasteiger partial charge is 0.446 e. The smallest absolute Gasteiger partial charge is 0.319 e. The molecule has 1 heterocycles. The zero-order valence-electron chi connectivity index (χ0n) is 12.7. The molecule has 3 aromatic rings. The number of hydrogen-bond donors (Lipinski definition) is 1. The molecule has 0 spiro atoms. The Bertz CT molecular complexity index is 913. The van der Waals surface area contributed by atoms with Crippen LogP contribution in [0.2, 0.25) is 0 Å². The summed E-state index contributed by atoms with van der Waals surface area (Å²) < 4.78 is 52.1. The second-order valence-electron chi connectivity index (χ2n) is 4.94. The molecule has 26 heavy (non-hydrogen) atoms. The molecule has 0 aliphatic heterocycles. The molecule has 0 saturated carbocycles. The monoisotopic (exact) mass is 383 g/mol. The van der Waals surface area contributed by atoms with Crippen LogP contribution >= 0.6 is 11.8 Å². The number of carbonyl (C=O) groups excluding carboxylic acids is 1. The molecule has 2 aromatic carbocycles. The molecule has 3 rings (SSSR count). The van der Waals surface area contributed by atoms with Gasteiger partial charge in [-0.3, -0.25) is 4.79 Å². The van der Waals surface area contributed by atoms with E-state index in [1.54, 1.807) is 0 Å². The number of nitrogens with one attached hydrogen (secondary N) is 1. The zero-order chi connectivity index (χ0) is 18.7. The number of anilines is 1. The summed E-state index contributed by atoms with van der Waals surface area (Å²) in [4.78, 5) is 12.2. The topological polar surface area (TPSA) is 72.7 Å². The summed E-state index contributed by atoms with van der Waals surface area (Å²) in [6.07, 6.45) is 1.30. The van der Waals surface area contributed by atoms with E-state index >= 15 is 0 Å². The fourth-order valence-electron chi connectivity index (χ4n) is 2.03. The lowest BCUT2D eigenvalue weighted by Gasteiger charge is -2.09. The van der Waals surface area contributed by atoms with Crippen molar-refractivity contribution in [1.29, 1.82) is 0 Å². The quantitative estimate of drug-likeness (QED) is 0.550. The maximum Gasteiger partial charge on any atom is 0.446 e. The van der Waals surface area contributed by atoms with Crippen molar-refractivity contribution in [1.82, 2.24) is 20.2 Å². The number of benzene rings is 2. The van der Waals surface area contributed by atoms with Crippen molar-refractivity contribution in [3.63, 3.8) is 0 Å². The first-order chi connectivity index (χ1) is 12.3. The van der Waals surface area contributed by atoms with Crippen molar-refractivity contribution in [2.45, 2.75) is 10.4 Å². The minimum Gasteiger partial charge on any atom is -0.319 e. The molecule has 0 aliphatic carbocycles. The number of carbonyl (C=O) groups is 1. The molecule has 0 radical (unpaired) electrons. The summed E-state index contributed by atoms with van der Waals surface area (Å²) in [5.74, 6) is -1.35. The summed E-state index contributed by atoms with van der Waals surface area (Å²) >= 11 is -0.285. The first-order valence-corrected chi connectivity index (χ1v) is 7.83. The fourth-order valence-corrected chi connectivity index (χ4v) is 2.57. The summed E-state index contributed by atoms with van der Waals surface area (Å²) in [5.41, 5.74) is -4.02. The van der Waals surface area contributed by atoms with Gasteiger partial charge in [0.25, 0.3) is 5.91 Å². The standard InChI is InChI=1S/C15H9F4N5OS/c16-12-6-3-10(24-8-20-22-23-24)7-13(12)21-14(25)9-1-4-11(5-2-9)26-15(17,18)19/h1-8H,(H,21,25). The van der Waals surface area contributed by atoms with Crippen molar-refractivity contribution in [3.8, 4) is 5.69 Å². The maximum absolute atomic E-state index is 13.9. The van der Waals surface area contributed by atoms with E-state index in [9.17, 15) is 22.4 Å². The highest BCUT2D eigenvalue weighted by atomic mass is 32.2. The lowest BCUT2D eigenvalue weighted by atomic mass is 10.2. The number of thioether (sulfide) groups is 1. The van der Waals surface area contributed by atoms with E-state index in [2.05, 4.69) is 20.8 Å². The molecule has 1 N–H and O–H groups in total. The van der Waals surface area contributed by atoms with Crippen LogP contribution in [-0.2, 0) is 0 Å². The summed E-state index contributed by atoms with van der Waals surface area (Å²) in [6.45, 7) is 0. The van der Waals surface area contributed by atoms with E-state index in [0.717, 1.165) is 6.07 Å². The predicted molar refractivity (Wildman–Crippen MR) is 85.4 cm³/mol. The van der Waals surface area contributed by atoms with Gasteiger partial charge >= 0.3 is 5.51 Å². The predicted octanol–water partition coefficient (Wildman–Crippen LogP) is 3.67. The molecule has 1 aromatic heterocycles. The van der Waals surface area contributed by atoms with Crippen LogP contribution in [0.3, 0.4) is 0 Å². The lowest BCUT2D eigenvalue weighted by molar-refractivity contribution is -0.0328. The molecule has 0 atom stereocenters. The number of tetrazole rings is 1. The zero-order valence-corrected chi connectivity index (χ0v) is 13.6. The Labute approximate surface area is 148 Å². The lowest BCUT2D eigenvalue weighted by Crippen LogP contribution is -2.13. The third kappa shape index (κ3) is 4.36. The molecule has 0 bridgehead atoms. The Balaban J connectivity index is 1.76. The van der Waals surface area contributed by atoms with Gasteiger partial charge < -0.3 is 5.32 Å². The van der Waals surface area contributed by atoms with Crippen molar-refractivity contribution >= 4 is 23.4 Å². The van der Waals surface area contributed by atoms with Crippen molar-refractivity contribution in [2.24, 2.45) is 0 Å². The van der Waals surface area contributed by atoms with E-state index in [1.807, 2.05) is 0 Å².